The van der Waals surface area contributed by atoms with E-state index in [0.717, 1.165) is 32.3 Å². The van der Waals surface area contributed by atoms with E-state index in [1.165, 1.54) is 0 Å². The van der Waals surface area contributed by atoms with Gasteiger partial charge < -0.3 is 20.0 Å². The Labute approximate surface area is 171 Å². The number of H-pyrrole nitrogens is 2. The molecule has 2 aromatic carbocycles. The molecular weight excluding hydrogens is 418 g/mol. The molecule has 0 bridgehead atoms. The molecule has 2 heterocycles. The van der Waals surface area contributed by atoms with Crippen LogP contribution in [0.4, 0.5) is 0 Å². The molecule has 6 heteroatoms. The number of rotatable bonds is 6. The minimum Gasteiger partial charge on any atom is -0.497 e. The molecule has 0 aliphatic heterocycles. The zero-order valence-corrected chi connectivity index (χ0v) is 16.9. The third-order valence-corrected chi connectivity index (χ3v) is 5.33. The van der Waals surface area contributed by atoms with Crippen LogP contribution in [0.5, 0.6) is 5.75 Å². The van der Waals surface area contributed by atoms with E-state index >= 15 is 0 Å². The minimum atomic E-state index is -0.135. The predicted molar refractivity (Wildman–Crippen MR) is 114 cm³/mol. The summed E-state index contributed by atoms with van der Waals surface area (Å²) in [6, 6.07) is 17.9. The zero-order chi connectivity index (χ0) is 19.5. The minimum absolute atomic E-state index is 0.00408. The third-order valence-electron chi connectivity index (χ3n) is 4.87. The number of aromatic amines is 2. The topological polar surface area (TPSA) is 69.9 Å². The number of hydrogen-bond acceptors (Lipinski definition) is 2. The average molecular weight is 438 g/mol. The van der Waals surface area contributed by atoms with Gasteiger partial charge in [-0.15, -0.1) is 0 Å². The van der Waals surface area contributed by atoms with E-state index < -0.39 is 0 Å². The number of nitrogens with one attached hydrogen (secondary N) is 3. The number of carbonyl (C=O) groups is 1. The van der Waals surface area contributed by atoms with Crippen molar-refractivity contribution in [1.82, 2.24) is 15.3 Å². The fourth-order valence-corrected chi connectivity index (χ4v) is 3.76. The summed E-state index contributed by atoms with van der Waals surface area (Å²) in [5.41, 5.74) is 3.86. The van der Waals surface area contributed by atoms with Crippen molar-refractivity contribution >= 4 is 32.7 Å². The average Bonchev–Trinajstić information content (AvgIpc) is 3.35. The SMILES string of the molecule is COc1ccc(C(CNC(=O)c2cc(Br)c[nH]2)c2c[nH]c3ccccc23)cc1. The number of para-hydroxylation sites is 1. The van der Waals surface area contributed by atoms with Gasteiger partial charge in [-0.05, 0) is 51.3 Å². The van der Waals surface area contributed by atoms with Gasteiger partial charge in [0.2, 0.25) is 0 Å². The van der Waals surface area contributed by atoms with Crippen LogP contribution >= 0.6 is 15.9 Å². The smallest absolute Gasteiger partial charge is 0.267 e. The van der Waals surface area contributed by atoms with Gasteiger partial charge >= 0.3 is 0 Å². The standard InChI is InChI=1S/C22H20BrN3O2/c1-28-16-8-6-14(7-9-16)18(12-26-22(27)21-10-15(23)11-24-21)19-13-25-20-5-3-2-4-17(19)20/h2-11,13,18,24-25H,12H2,1H3,(H,26,27). The first-order chi connectivity index (χ1) is 13.7. The van der Waals surface area contributed by atoms with Crippen molar-refractivity contribution in [3.05, 3.63) is 88.3 Å². The van der Waals surface area contributed by atoms with Crippen molar-refractivity contribution in [3.63, 3.8) is 0 Å². The second kappa shape index (κ2) is 7.94. The molecule has 4 aromatic rings. The monoisotopic (exact) mass is 437 g/mol. The van der Waals surface area contributed by atoms with Gasteiger partial charge in [-0.2, -0.15) is 0 Å². The predicted octanol–water partition coefficient (Wildman–Crippen LogP) is 4.83. The van der Waals surface area contributed by atoms with E-state index in [1.54, 1.807) is 19.4 Å². The molecule has 28 heavy (non-hydrogen) atoms. The van der Waals surface area contributed by atoms with Crippen LogP contribution in [0.15, 0.2) is 71.5 Å². The number of hydrogen-bond donors (Lipinski definition) is 3. The Bertz CT molecular complexity index is 1100. The van der Waals surface area contributed by atoms with Crippen molar-refractivity contribution < 1.29 is 9.53 Å². The Morgan fingerprint density at radius 2 is 1.89 bits per heavy atom. The van der Waals surface area contributed by atoms with Gasteiger partial charge in [0.25, 0.3) is 5.91 Å². The van der Waals surface area contributed by atoms with Gasteiger partial charge in [-0.1, -0.05) is 30.3 Å². The number of benzene rings is 2. The van der Waals surface area contributed by atoms with E-state index in [1.807, 2.05) is 42.6 Å². The number of amides is 1. The molecule has 0 radical (unpaired) electrons. The van der Waals surface area contributed by atoms with Crippen LogP contribution in [0, 0.1) is 0 Å². The van der Waals surface area contributed by atoms with Crippen molar-refractivity contribution in [1.29, 1.82) is 0 Å². The van der Waals surface area contributed by atoms with Crippen molar-refractivity contribution in [2.75, 3.05) is 13.7 Å². The highest BCUT2D eigenvalue weighted by Crippen LogP contribution is 2.31. The molecule has 2 aromatic heterocycles. The highest BCUT2D eigenvalue weighted by atomic mass is 79.9. The molecule has 0 aliphatic rings. The summed E-state index contributed by atoms with van der Waals surface area (Å²) in [4.78, 5) is 18.8. The molecule has 1 atom stereocenters. The van der Waals surface area contributed by atoms with Gasteiger partial charge in [0, 0.05) is 40.2 Å². The number of methoxy groups -OCH3 is 1. The molecule has 1 amide bonds. The lowest BCUT2D eigenvalue weighted by Crippen LogP contribution is -2.29. The number of fused-ring (bicyclic) bond motifs is 1. The normalized spacial score (nSPS) is 12.1. The van der Waals surface area contributed by atoms with Crippen molar-refractivity contribution in [2.45, 2.75) is 5.92 Å². The Balaban J connectivity index is 1.65. The van der Waals surface area contributed by atoms with Crippen LogP contribution in [-0.2, 0) is 0 Å². The van der Waals surface area contributed by atoms with Gasteiger partial charge in [0.1, 0.15) is 11.4 Å². The highest BCUT2D eigenvalue weighted by molar-refractivity contribution is 9.10. The van der Waals surface area contributed by atoms with Gasteiger partial charge in [-0.3, -0.25) is 4.79 Å². The van der Waals surface area contributed by atoms with Crippen LogP contribution in [0.25, 0.3) is 10.9 Å². The summed E-state index contributed by atoms with van der Waals surface area (Å²) >= 11 is 3.36. The maximum Gasteiger partial charge on any atom is 0.267 e. The molecule has 142 valence electrons. The Hall–Kier alpha value is -2.99. The fourth-order valence-electron chi connectivity index (χ4n) is 3.41. The molecule has 3 N–H and O–H groups in total. The first-order valence-electron chi connectivity index (χ1n) is 8.98. The van der Waals surface area contributed by atoms with Gasteiger partial charge in [0.15, 0.2) is 0 Å². The molecule has 1 unspecified atom stereocenters. The van der Waals surface area contributed by atoms with Crippen LogP contribution in [-0.4, -0.2) is 29.5 Å². The van der Waals surface area contributed by atoms with E-state index in [-0.39, 0.29) is 11.8 Å². The van der Waals surface area contributed by atoms with Gasteiger partial charge in [-0.25, -0.2) is 0 Å². The van der Waals surface area contributed by atoms with Crippen molar-refractivity contribution in [3.8, 4) is 5.75 Å². The van der Waals surface area contributed by atoms with Crippen molar-refractivity contribution in [2.24, 2.45) is 0 Å². The number of ether oxygens (including phenoxy) is 1. The summed E-state index contributed by atoms with van der Waals surface area (Å²) in [5, 5.41) is 4.21. The molecule has 0 aliphatic carbocycles. The number of halogens is 1. The maximum atomic E-state index is 12.5. The quantitative estimate of drug-likeness (QED) is 0.404. The van der Waals surface area contributed by atoms with E-state index in [2.05, 4.69) is 43.3 Å². The van der Waals surface area contributed by atoms with Gasteiger partial charge in [0.05, 0.1) is 7.11 Å². The highest BCUT2D eigenvalue weighted by Gasteiger charge is 2.20. The maximum absolute atomic E-state index is 12.5. The number of carbonyl (C=O) groups excluding carboxylic acids is 1. The van der Waals surface area contributed by atoms with Crippen LogP contribution in [0.3, 0.4) is 0 Å². The molecule has 5 nitrogen and oxygen atoms in total. The Morgan fingerprint density at radius 1 is 1.11 bits per heavy atom. The summed E-state index contributed by atoms with van der Waals surface area (Å²) in [6.07, 6.45) is 3.77. The lowest BCUT2D eigenvalue weighted by atomic mass is 9.90. The first-order valence-corrected chi connectivity index (χ1v) is 9.77. The lowest BCUT2D eigenvalue weighted by Gasteiger charge is -2.18. The number of aromatic nitrogens is 2. The largest absolute Gasteiger partial charge is 0.497 e. The molecular formula is C22H20BrN3O2. The third kappa shape index (κ3) is 3.68. The molecule has 0 fully saturated rings. The second-order valence-electron chi connectivity index (χ2n) is 6.56. The lowest BCUT2D eigenvalue weighted by molar-refractivity contribution is 0.0948. The van der Waals surface area contributed by atoms with E-state index in [4.69, 9.17) is 4.74 Å². The zero-order valence-electron chi connectivity index (χ0n) is 15.3. The summed E-state index contributed by atoms with van der Waals surface area (Å²) in [6.45, 7) is 0.476. The van der Waals surface area contributed by atoms with Crippen LogP contribution < -0.4 is 10.1 Å². The molecule has 0 spiro atoms. The first kappa shape index (κ1) is 18.4. The van der Waals surface area contributed by atoms with E-state index in [9.17, 15) is 4.79 Å². The summed E-state index contributed by atoms with van der Waals surface area (Å²) in [7, 11) is 1.65. The second-order valence-corrected chi connectivity index (χ2v) is 7.47. The van der Waals surface area contributed by atoms with Crippen LogP contribution in [0.2, 0.25) is 0 Å². The van der Waals surface area contributed by atoms with Crippen LogP contribution in [0.1, 0.15) is 27.5 Å². The summed E-state index contributed by atoms with van der Waals surface area (Å²) < 4.78 is 6.13. The Morgan fingerprint density at radius 3 is 2.61 bits per heavy atom. The Kier molecular flexibility index (Phi) is 5.21. The molecule has 0 saturated carbocycles. The molecule has 4 rings (SSSR count). The fraction of sp³-hybridized carbons (Fsp3) is 0.136. The van der Waals surface area contributed by atoms with E-state index in [0.29, 0.717) is 12.2 Å². The summed E-state index contributed by atoms with van der Waals surface area (Å²) in [5.74, 6) is 0.676. The molecule has 0 saturated heterocycles.